The third kappa shape index (κ3) is 2.59. The summed E-state index contributed by atoms with van der Waals surface area (Å²) >= 11 is 0. The van der Waals surface area contributed by atoms with Crippen LogP contribution in [0.4, 0.5) is 0 Å². The summed E-state index contributed by atoms with van der Waals surface area (Å²) in [6, 6.07) is 0.775. The van der Waals surface area contributed by atoms with Gasteiger partial charge in [-0.1, -0.05) is 13.8 Å². The van der Waals surface area contributed by atoms with Crippen LogP contribution in [0.15, 0.2) is 0 Å². The van der Waals surface area contributed by atoms with E-state index >= 15 is 0 Å². The summed E-state index contributed by atoms with van der Waals surface area (Å²) in [4.78, 5) is 5.27. The lowest BCUT2D eigenvalue weighted by atomic mass is 9.83. The van der Waals surface area contributed by atoms with Gasteiger partial charge in [0.1, 0.15) is 0 Å². The van der Waals surface area contributed by atoms with Crippen molar-refractivity contribution in [1.82, 2.24) is 9.80 Å². The second-order valence-electron chi connectivity index (χ2n) is 6.50. The van der Waals surface area contributed by atoms with Crippen molar-refractivity contribution in [3.8, 4) is 0 Å². The quantitative estimate of drug-likeness (QED) is 0.723. The lowest BCUT2D eigenvalue weighted by Crippen LogP contribution is -2.49. The third-order valence-electron chi connectivity index (χ3n) is 5.21. The van der Waals surface area contributed by atoms with Crippen molar-refractivity contribution >= 4 is 0 Å². The van der Waals surface area contributed by atoms with E-state index in [1.54, 1.807) is 7.11 Å². The summed E-state index contributed by atoms with van der Waals surface area (Å²) in [5.41, 5.74) is 0.534. The maximum absolute atomic E-state index is 5.17. The van der Waals surface area contributed by atoms with E-state index in [2.05, 4.69) is 30.7 Å². The van der Waals surface area contributed by atoms with Gasteiger partial charge in [0, 0.05) is 31.8 Å². The van der Waals surface area contributed by atoms with Crippen LogP contribution in [0.5, 0.6) is 0 Å². The average Bonchev–Trinajstić information content (AvgIpc) is 2.88. The Balaban J connectivity index is 1.92. The van der Waals surface area contributed by atoms with Gasteiger partial charge in [0.15, 0.2) is 0 Å². The number of methoxy groups -OCH3 is 1. The van der Waals surface area contributed by atoms with Crippen molar-refractivity contribution < 1.29 is 4.74 Å². The van der Waals surface area contributed by atoms with Crippen molar-refractivity contribution in [2.24, 2.45) is 5.92 Å². The maximum Gasteiger partial charge on any atom is 0.0589 e. The Morgan fingerprint density at radius 3 is 2.83 bits per heavy atom. The van der Waals surface area contributed by atoms with Gasteiger partial charge in [-0.2, -0.15) is 0 Å². The number of hydrogen-bond acceptors (Lipinski definition) is 3. The first kappa shape index (κ1) is 14.3. The highest BCUT2D eigenvalue weighted by Crippen LogP contribution is 2.46. The molecular weight excluding hydrogens is 224 g/mol. The third-order valence-corrected chi connectivity index (χ3v) is 5.21. The molecule has 0 aromatic heterocycles. The van der Waals surface area contributed by atoms with Crippen LogP contribution in [0, 0.1) is 5.92 Å². The van der Waals surface area contributed by atoms with Crippen molar-refractivity contribution in [2.75, 3.05) is 40.4 Å². The summed E-state index contributed by atoms with van der Waals surface area (Å²) in [5, 5.41) is 0. The minimum Gasteiger partial charge on any atom is -0.383 e. The van der Waals surface area contributed by atoms with Crippen LogP contribution in [0.1, 0.15) is 39.5 Å². The van der Waals surface area contributed by atoms with Gasteiger partial charge in [-0.3, -0.25) is 4.90 Å². The minimum atomic E-state index is 0.534. The van der Waals surface area contributed by atoms with Crippen LogP contribution in [-0.4, -0.2) is 61.8 Å². The molecule has 0 aliphatic carbocycles. The smallest absolute Gasteiger partial charge is 0.0589 e. The monoisotopic (exact) mass is 254 g/mol. The minimum absolute atomic E-state index is 0.534. The molecule has 2 fully saturated rings. The highest BCUT2D eigenvalue weighted by atomic mass is 16.5. The fourth-order valence-electron chi connectivity index (χ4n) is 4.11. The van der Waals surface area contributed by atoms with E-state index in [1.807, 2.05) is 0 Å². The molecule has 3 heteroatoms. The molecule has 0 radical (unpaired) electrons. The van der Waals surface area contributed by atoms with Crippen LogP contribution in [0.2, 0.25) is 0 Å². The average molecular weight is 254 g/mol. The molecular formula is C15H30N2O. The Hall–Kier alpha value is -0.120. The number of ether oxygens (including phenoxy) is 1. The molecule has 2 atom stereocenters. The standard InChI is InChI=1S/C15H30N2O/c1-13(2)15-7-5-9-17(15)14(6-8-15)12-16(3)10-11-18-4/h13-14H,5-12H2,1-4H3. The van der Waals surface area contributed by atoms with Gasteiger partial charge in [-0.25, -0.2) is 0 Å². The summed E-state index contributed by atoms with van der Waals surface area (Å²) in [6.07, 6.45) is 5.61. The van der Waals surface area contributed by atoms with Gasteiger partial charge < -0.3 is 9.64 Å². The zero-order valence-corrected chi connectivity index (χ0v) is 12.6. The zero-order valence-electron chi connectivity index (χ0n) is 12.6. The van der Waals surface area contributed by atoms with Gasteiger partial charge in [0.05, 0.1) is 6.61 Å². The van der Waals surface area contributed by atoms with Gasteiger partial charge in [0.25, 0.3) is 0 Å². The van der Waals surface area contributed by atoms with Crippen molar-refractivity contribution in [3.63, 3.8) is 0 Å². The first-order chi connectivity index (χ1) is 8.60. The summed E-state index contributed by atoms with van der Waals surface area (Å²) in [5.74, 6) is 0.800. The molecule has 18 heavy (non-hydrogen) atoms. The number of rotatable bonds is 6. The van der Waals surface area contributed by atoms with Gasteiger partial charge in [-0.15, -0.1) is 0 Å². The molecule has 0 N–H and O–H groups in total. The molecule has 2 rings (SSSR count). The largest absolute Gasteiger partial charge is 0.383 e. The van der Waals surface area contributed by atoms with E-state index in [-0.39, 0.29) is 0 Å². The molecule has 3 nitrogen and oxygen atoms in total. The zero-order chi connectivity index (χ0) is 13.2. The van der Waals surface area contributed by atoms with E-state index in [1.165, 1.54) is 38.8 Å². The number of hydrogen-bond donors (Lipinski definition) is 0. The molecule has 2 unspecified atom stereocenters. The fraction of sp³-hybridized carbons (Fsp3) is 1.00. The van der Waals surface area contributed by atoms with E-state index in [9.17, 15) is 0 Å². The second-order valence-corrected chi connectivity index (χ2v) is 6.50. The molecule has 0 aromatic rings. The predicted molar refractivity (Wildman–Crippen MR) is 75.9 cm³/mol. The maximum atomic E-state index is 5.17. The summed E-state index contributed by atoms with van der Waals surface area (Å²) in [7, 11) is 4.01. The molecule has 2 heterocycles. The van der Waals surface area contributed by atoms with E-state index in [0.717, 1.165) is 25.1 Å². The SMILES string of the molecule is COCCN(C)CC1CCC2(C(C)C)CCCN12. The van der Waals surface area contributed by atoms with Crippen LogP contribution in [-0.2, 0) is 4.74 Å². The number of likely N-dealkylation sites (N-methyl/N-ethyl adjacent to an activating group) is 1. The Morgan fingerprint density at radius 2 is 2.17 bits per heavy atom. The molecule has 2 saturated heterocycles. The first-order valence-electron chi connectivity index (χ1n) is 7.54. The highest BCUT2D eigenvalue weighted by Gasteiger charge is 2.50. The molecule has 2 aliphatic rings. The summed E-state index contributed by atoms with van der Waals surface area (Å²) in [6.45, 7) is 9.25. The van der Waals surface area contributed by atoms with Gasteiger partial charge in [-0.05, 0) is 45.2 Å². The van der Waals surface area contributed by atoms with Crippen LogP contribution < -0.4 is 0 Å². The first-order valence-corrected chi connectivity index (χ1v) is 7.54. The van der Waals surface area contributed by atoms with Crippen LogP contribution >= 0.6 is 0 Å². The fourth-order valence-corrected chi connectivity index (χ4v) is 4.11. The Bertz CT molecular complexity index is 269. The van der Waals surface area contributed by atoms with Crippen molar-refractivity contribution in [3.05, 3.63) is 0 Å². The molecule has 2 aliphatic heterocycles. The summed E-state index contributed by atoms with van der Waals surface area (Å²) < 4.78 is 5.17. The molecule has 0 aromatic carbocycles. The van der Waals surface area contributed by atoms with Gasteiger partial charge >= 0.3 is 0 Å². The van der Waals surface area contributed by atoms with Crippen molar-refractivity contribution in [2.45, 2.75) is 51.1 Å². The number of nitrogens with zero attached hydrogens (tertiary/aromatic N) is 2. The lowest BCUT2D eigenvalue weighted by molar-refractivity contribution is 0.0816. The Morgan fingerprint density at radius 1 is 1.39 bits per heavy atom. The molecule has 106 valence electrons. The van der Waals surface area contributed by atoms with Crippen LogP contribution in [0.3, 0.4) is 0 Å². The Labute approximate surface area is 112 Å². The van der Waals surface area contributed by atoms with E-state index in [4.69, 9.17) is 4.74 Å². The molecule has 0 bridgehead atoms. The van der Waals surface area contributed by atoms with Crippen LogP contribution in [0.25, 0.3) is 0 Å². The number of fused-ring (bicyclic) bond motifs is 1. The highest BCUT2D eigenvalue weighted by molar-refractivity contribution is 5.06. The van der Waals surface area contributed by atoms with Crippen molar-refractivity contribution in [1.29, 1.82) is 0 Å². The predicted octanol–water partition coefficient (Wildman–Crippen LogP) is 2.22. The lowest BCUT2D eigenvalue weighted by Gasteiger charge is -2.39. The van der Waals surface area contributed by atoms with E-state index in [0.29, 0.717) is 5.54 Å². The molecule has 0 amide bonds. The molecule has 0 spiro atoms. The topological polar surface area (TPSA) is 15.7 Å². The Kier molecular flexibility index (Phi) is 4.68. The van der Waals surface area contributed by atoms with E-state index < -0.39 is 0 Å². The molecule has 0 saturated carbocycles. The van der Waals surface area contributed by atoms with Gasteiger partial charge in [0.2, 0.25) is 0 Å². The normalized spacial score (nSPS) is 32.7. The second kappa shape index (κ2) is 5.89.